The van der Waals surface area contributed by atoms with Gasteiger partial charge in [0.25, 0.3) is 0 Å². The Morgan fingerprint density at radius 3 is 2.75 bits per heavy atom. The van der Waals surface area contributed by atoms with Crippen molar-refractivity contribution >= 4 is 16.8 Å². The predicted octanol–water partition coefficient (Wildman–Crippen LogP) is 4.56. The molecule has 1 fully saturated rings. The molecule has 1 aliphatic rings. The Kier molecular flexibility index (Phi) is 5.74. The van der Waals surface area contributed by atoms with Gasteiger partial charge in [-0.15, -0.1) is 5.10 Å². The molecule has 0 spiro atoms. The molecule has 3 heterocycles. The summed E-state index contributed by atoms with van der Waals surface area (Å²) >= 11 is 0. The van der Waals surface area contributed by atoms with E-state index in [9.17, 15) is 0 Å². The second-order valence-electron chi connectivity index (χ2n) is 7.64. The van der Waals surface area contributed by atoms with Crippen LogP contribution < -0.4 is 9.64 Å². The number of piperidine rings is 1. The molecule has 1 aliphatic heterocycles. The summed E-state index contributed by atoms with van der Waals surface area (Å²) in [6, 6.07) is 10.1. The van der Waals surface area contributed by atoms with Gasteiger partial charge in [-0.25, -0.2) is 0 Å². The van der Waals surface area contributed by atoms with E-state index in [1.807, 2.05) is 25.1 Å². The molecule has 0 atom stereocenters. The van der Waals surface area contributed by atoms with Gasteiger partial charge < -0.3 is 14.2 Å². The number of aryl methyl sites for hydroxylation is 2. The third-order valence-electron chi connectivity index (χ3n) is 5.52. The first-order chi connectivity index (χ1) is 13.7. The second-order valence-corrected chi connectivity index (χ2v) is 7.64. The summed E-state index contributed by atoms with van der Waals surface area (Å²) in [5.74, 6) is 2.54. The standard InChI is InChI=1S/C22H28N4O2/c1-3-4-20-19-7-6-18(15-21(19)28-25-20)27-14-11-17-9-12-26(13-10-17)22-8-5-16(2)23-24-22/h5-8,15,17H,3-4,9-14H2,1-2H3. The number of aromatic nitrogens is 3. The van der Waals surface area contributed by atoms with Crippen molar-refractivity contribution in [1.82, 2.24) is 15.4 Å². The Hall–Kier alpha value is -2.63. The molecule has 2 aromatic heterocycles. The molecule has 0 aliphatic carbocycles. The summed E-state index contributed by atoms with van der Waals surface area (Å²) in [6.45, 7) is 6.92. The van der Waals surface area contributed by atoms with Crippen LogP contribution in [0.3, 0.4) is 0 Å². The molecule has 4 rings (SSSR count). The van der Waals surface area contributed by atoms with E-state index in [0.717, 1.165) is 72.9 Å². The Bertz CT molecular complexity index is 899. The van der Waals surface area contributed by atoms with Gasteiger partial charge >= 0.3 is 0 Å². The van der Waals surface area contributed by atoms with Crippen LogP contribution in [0.15, 0.2) is 34.9 Å². The van der Waals surface area contributed by atoms with Gasteiger partial charge in [0.2, 0.25) is 0 Å². The van der Waals surface area contributed by atoms with Crippen molar-refractivity contribution in [3.8, 4) is 5.75 Å². The lowest BCUT2D eigenvalue weighted by Crippen LogP contribution is -2.34. The van der Waals surface area contributed by atoms with Crippen LogP contribution in [-0.4, -0.2) is 35.1 Å². The van der Waals surface area contributed by atoms with E-state index in [0.29, 0.717) is 5.92 Å². The van der Waals surface area contributed by atoms with E-state index in [-0.39, 0.29) is 0 Å². The summed E-state index contributed by atoms with van der Waals surface area (Å²) in [6.07, 6.45) is 5.42. The molecule has 0 bridgehead atoms. The zero-order chi connectivity index (χ0) is 19.3. The molecule has 6 heteroatoms. The average Bonchev–Trinajstić information content (AvgIpc) is 3.12. The molecule has 0 unspecified atom stereocenters. The molecule has 28 heavy (non-hydrogen) atoms. The van der Waals surface area contributed by atoms with E-state index in [1.54, 1.807) is 0 Å². The molecule has 0 N–H and O–H groups in total. The number of anilines is 1. The van der Waals surface area contributed by atoms with Gasteiger partial charge in [0.1, 0.15) is 5.75 Å². The maximum absolute atomic E-state index is 5.99. The van der Waals surface area contributed by atoms with Crippen LogP contribution >= 0.6 is 0 Å². The molecule has 6 nitrogen and oxygen atoms in total. The van der Waals surface area contributed by atoms with Crippen molar-refractivity contribution < 1.29 is 9.26 Å². The maximum Gasteiger partial charge on any atom is 0.170 e. The monoisotopic (exact) mass is 380 g/mol. The molecule has 0 radical (unpaired) electrons. The van der Waals surface area contributed by atoms with Crippen LogP contribution in [0, 0.1) is 12.8 Å². The zero-order valence-electron chi connectivity index (χ0n) is 16.7. The van der Waals surface area contributed by atoms with Crippen LogP contribution in [0.5, 0.6) is 5.75 Å². The van der Waals surface area contributed by atoms with E-state index in [1.165, 1.54) is 12.8 Å². The minimum absolute atomic E-state index is 0.694. The van der Waals surface area contributed by atoms with Crippen LogP contribution in [0.25, 0.3) is 11.0 Å². The Balaban J connectivity index is 1.24. The molecular weight excluding hydrogens is 352 g/mol. The summed E-state index contributed by atoms with van der Waals surface area (Å²) in [5.41, 5.74) is 2.81. The highest BCUT2D eigenvalue weighted by Crippen LogP contribution is 2.26. The van der Waals surface area contributed by atoms with Crippen molar-refractivity contribution in [3.05, 3.63) is 41.7 Å². The number of nitrogens with zero attached hydrogens (tertiary/aromatic N) is 4. The highest BCUT2D eigenvalue weighted by Gasteiger charge is 2.20. The largest absolute Gasteiger partial charge is 0.493 e. The van der Waals surface area contributed by atoms with Crippen LogP contribution in [0.2, 0.25) is 0 Å². The van der Waals surface area contributed by atoms with Crippen LogP contribution in [0.1, 0.15) is 44.0 Å². The number of hydrogen-bond acceptors (Lipinski definition) is 6. The highest BCUT2D eigenvalue weighted by molar-refractivity contribution is 5.80. The van der Waals surface area contributed by atoms with Crippen LogP contribution in [-0.2, 0) is 6.42 Å². The summed E-state index contributed by atoms with van der Waals surface area (Å²) in [7, 11) is 0. The third-order valence-corrected chi connectivity index (χ3v) is 5.52. The SMILES string of the molecule is CCCc1noc2cc(OCCC3CCN(c4ccc(C)nn4)CC3)ccc12. The summed E-state index contributed by atoms with van der Waals surface area (Å²) in [5, 5.41) is 13.7. The first kappa shape index (κ1) is 18.7. The van der Waals surface area contributed by atoms with Crippen molar-refractivity contribution in [2.75, 3.05) is 24.6 Å². The number of ether oxygens (including phenoxy) is 1. The first-order valence-corrected chi connectivity index (χ1v) is 10.3. The Morgan fingerprint density at radius 2 is 2.00 bits per heavy atom. The van der Waals surface area contributed by atoms with Gasteiger partial charge in [0.15, 0.2) is 11.4 Å². The second kappa shape index (κ2) is 8.59. The fourth-order valence-electron chi connectivity index (χ4n) is 3.83. The minimum atomic E-state index is 0.694. The maximum atomic E-state index is 5.99. The van der Waals surface area contributed by atoms with Crippen molar-refractivity contribution in [3.63, 3.8) is 0 Å². The normalized spacial score (nSPS) is 15.3. The van der Waals surface area contributed by atoms with Crippen molar-refractivity contribution in [2.24, 2.45) is 5.92 Å². The molecule has 0 saturated carbocycles. The number of rotatable bonds is 7. The van der Waals surface area contributed by atoms with Gasteiger partial charge in [0, 0.05) is 24.5 Å². The Morgan fingerprint density at radius 1 is 1.14 bits per heavy atom. The molecular formula is C22H28N4O2. The molecule has 3 aromatic rings. The van der Waals surface area contributed by atoms with E-state index in [4.69, 9.17) is 9.26 Å². The molecule has 148 valence electrons. The Labute approximate surface area is 165 Å². The van der Waals surface area contributed by atoms with E-state index < -0.39 is 0 Å². The number of fused-ring (bicyclic) bond motifs is 1. The van der Waals surface area contributed by atoms with Gasteiger partial charge in [-0.2, -0.15) is 5.10 Å². The molecule has 1 saturated heterocycles. The molecule has 1 aromatic carbocycles. The van der Waals surface area contributed by atoms with Gasteiger partial charge in [-0.3, -0.25) is 0 Å². The molecule has 0 amide bonds. The highest BCUT2D eigenvalue weighted by atomic mass is 16.5. The average molecular weight is 380 g/mol. The zero-order valence-corrected chi connectivity index (χ0v) is 16.7. The van der Waals surface area contributed by atoms with Gasteiger partial charge in [-0.05, 0) is 62.8 Å². The van der Waals surface area contributed by atoms with Crippen molar-refractivity contribution in [1.29, 1.82) is 0 Å². The predicted molar refractivity (Wildman–Crippen MR) is 110 cm³/mol. The number of benzene rings is 1. The summed E-state index contributed by atoms with van der Waals surface area (Å²) in [4.78, 5) is 2.33. The lowest BCUT2D eigenvalue weighted by Gasteiger charge is -2.32. The van der Waals surface area contributed by atoms with Gasteiger partial charge in [-0.1, -0.05) is 18.5 Å². The van der Waals surface area contributed by atoms with E-state index in [2.05, 4.69) is 39.3 Å². The fourth-order valence-corrected chi connectivity index (χ4v) is 3.83. The fraction of sp³-hybridized carbons (Fsp3) is 0.500. The number of hydrogen-bond donors (Lipinski definition) is 0. The minimum Gasteiger partial charge on any atom is -0.493 e. The lowest BCUT2D eigenvalue weighted by atomic mass is 9.94. The smallest absolute Gasteiger partial charge is 0.170 e. The van der Waals surface area contributed by atoms with Crippen LogP contribution in [0.4, 0.5) is 5.82 Å². The summed E-state index contributed by atoms with van der Waals surface area (Å²) < 4.78 is 11.4. The quantitative estimate of drug-likeness (QED) is 0.598. The van der Waals surface area contributed by atoms with Gasteiger partial charge in [0.05, 0.1) is 18.0 Å². The first-order valence-electron chi connectivity index (χ1n) is 10.3. The van der Waals surface area contributed by atoms with E-state index >= 15 is 0 Å². The topological polar surface area (TPSA) is 64.3 Å². The third kappa shape index (κ3) is 4.26. The van der Waals surface area contributed by atoms with Crippen molar-refractivity contribution in [2.45, 2.75) is 46.0 Å². The lowest BCUT2D eigenvalue weighted by molar-refractivity contribution is 0.258.